The van der Waals surface area contributed by atoms with Gasteiger partial charge in [-0.2, -0.15) is 0 Å². The molecule has 0 saturated heterocycles. The Balaban J connectivity index is 2.37. The zero-order valence-electron chi connectivity index (χ0n) is 12.7. The van der Waals surface area contributed by atoms with E-state index in [4.69, 9.17) is 0 Å². The molecular formula is C16H26N2O2. The van der Waals surface area contributed by atoms with Crippen molar-refractivity contribution in [1.29, 1.82) is 0 Å². The second-order valence-electron chi connectivity index (χ2n) is 5.14. The number of hydrogen-bond donors (Lipinski definition) is 2. The summed E-state index contributed by atoms with van der Waals surface area (Å²) < 4.78 is 0. The first-order valence-electron chi connectivity index (χ1n) is 7.29. The Bertz CT molecular complexity index is 391. The Hall–Kier alpha value is -1.55. The average Bonchev–Trinajstić information content (AvgIpc) is 2.47. The summed E-state index contributed by atoms with van der Waals surface area (Å²) in [6.07, 6.45) is 1.39. The number of likely N-dealkylation sites (N-methyl/N-ethyl adjacent to an activating group) is 1. The zero-order chi connectivity index (χ0) is 15.0. The minimum Gasteiger partial charge on any atom is -0.391 e. The minimum absolute atomic E-state index is 0.0682. The number of carbonyl (C=O) groups is 1. The van der Waals surface area contributed by atoms with E-state index in [-0.39, 0.29) is 11.8 Å². The number of aliphatic hydroxyl groups excluding tert-OH is 1. The van der Waals surface area contributed by atoms with Gasteiger partial charge in [0.2, 0.25) is 5.91 Å². The van der Waals surface area contributed by atoms with Crippen LogP contribution in [-0.4, -0.2) is 37.3 Å². The van der Waals surface area contributed by atoms with Crippen LogP contribution in [0.1, 0.15) is 26.7 Å². The molecule has 1 aromatic rings. The van der Waals surface area contributed by atoms with Crippen LogP contribution in [0.15, 0.2) is 30.3 Å². The molecule has 0 aliphatic rings. The second kappa shape index (κ2) is 8.59. The van der Waals surface area contributed by atoms with Gasteiger partial charge in [-0.05, 0) is 18.1 Å². The number of anilines is 1. The molecule has 2 N–H and O–H groups in total. The van der Waals surface area contributed by atoms with Crippen LogP contribution in [0.4, 0.5) is 5.69 Å². The fraction of sp³-hybridized carbons (Fsp3) is 0.562. The lowest BCUT2D eigenvalue weighted by molar-refractivity contribution is -0.120. The topological polar surface area (TPSA) is 52.6 Å². The third-order valence-corrected chi connectivity index (χ3v) is 3.68. The average molecular weight is 278 g/mol. The largest absolute Gasteiger partial charge is 0.391 e. The van der Waals surface area contributed by atoms with E-state index >= 15 is 0 Å². The molecule has 20 heavy (non-hydrogen) atoms. The first kappa shape index (κ1) is 16.5. The third kappa shape index (κ3) is 5.21. The highest BCUT2D eigenvalue weighted by Gasteiger charge is 2.16. The molecule has 0 heterocycles. The molecule has 112 valence electrons. The normalized spacial score (nSPS) is 12.2. The van der Waals surface area contributed by atoms with Crippen LogP contribution in [0, 0.1) is 5.92 Å². The highest BCUT2D eigenvalue weighted by molar-refractivity contribution is 5.81. The van der Waals surface area contributed by atoms with Gasteiger partial charge in [0.05, 0.1) is 12.6 Å². The Kier molecular flexibility index (Phi) is 7.09. The van der Waals surface area contributed by atoms with E-state index in [1.807, 2.05) is 42.3 Å². The van der Waals surface area contributed by atoms with Crippen molar-refractivity contribution >= 4 is 11.6 Å². The molecule has 0 radical (unpaired) electrons. The smallest absolute Gasteiger partial charge is 0.239 e. The van der Waals surface area contributed by atoms with Crippen LogP contribution in [0.2, 0.25) is 0 Å². The summed E-state index contributed by atoms with van der Waals surface area (Å²) in [5.41, 5.74) is 1.00. The zero-order valence-corrected chi connectivity index (χ0v) is 12.7. The van der Waals surface area contributed by atoms with Crippen LogP contribution in [0.25, 0.3) is 0 Å². The summed E-state index contributed by atoms with van der Waals surface area (Å²) in [5.74, 6) is 0.184. The highest BCUT2D eigenvalue weighted by Crippen LogP contribution is 2.12. The van der Waals surface area contributed by atoms with E-state index in [2.05, 4.69) is 19.2 Å². The molecule has 1 amide bonds. The lowest BCUT2D eigenvalue weighted by atomic mass is 9.96. The molecule has 0 saturated carbocycles. The van der Waals surface area contributed by atoms with Gasteiger partial charge in [-0.15, -0.1) is 0 Å². The molecule has 1 aromatic carbocycles. The maximum atomic E-state index is 11.9. The molecule has 1 unspecified atom stereocenters. The van der Waals surface area contributed by atoms with Crippen LogP contribution in [0.3, 0.4) is 0 Å². The molecule has 0 bridgehead atoms. The summed E-state index contributed by atoms with van der Waals surface area (Å²) in [4.78, 5) is 13.8. The van der Waals surface area contributed by atoms with Gasteiger partial charge in [0.15, 0.2) is 0 Å². The first-order valence-corrected chi connectivity index (χ1v) is 7.29. The van der Waals surface area contributed by atoms with Gasteiger partial charge >= 0.3 is 0 Å². The Morgan fingerprint density at radius 1 is 1.25 bits per heavy atom. The van der Waals surface area contributed by atoms with Crippen LogP contribution >= 0.6 is 0 Å². The summed E-state index contributed by atoms with van der Waals surface area (Å²) in [5, 5.41) is 12.8. The SMILES string of the molecule is CCC(CC)C(O)CNC(=O)CN(C)c1ccccc1. The molecule has 0 aliphatic heterocycles. The van der Waals surface area contributed by atoms with Crippen LogP contribution in [-0.2, 0) is 4.79 Å². The molecule has 1 rings (SSSR count). The quantitative estimate of drug-likeness (QED) is 0.765. The standard InChI is InChI=1S/C16H26N2O2/c1-4-13(5-2)15(19)11-17-16(20)12-18(3)14-9-7-6-8-10-14/h6-10,13,15,19H,4-5,11-12H2,1-3H3,(H,17,20). The number of rotatable bonds is 8. The van der Waals surface area contributed by atoms with Gasteiger partial charge in [0, 0.05) is 19.3 Å². The fourth-order valence-corrected chi connectivity index (χ4v) is 2.26. The van der Waals surface area contributed by atoms with Crippen LogP contribution in [0.5, 0.6) is 0 Å². The molecule has 0 aliphatic carbocycles. The van der Waals surface area contributed by atoms with Crippen molar-refractivity contribution < 1.29 is 9.90 Å². The Morgan fingerprint density at radius 2 is 1.85 bits per heavy atom. The molecule has 1 atom stereocenters. The van der Waals surface area contributed by atoms with Crippen molar-refractivity contribution in [2.75, 3.05) is 25.0 Å². The van der Waals surface area contributed by atoms with E-state index in [0.29, 0.717) is 13.1 Å². The van der Waals surface area contributed by atoms with E-state index < -0.39 is 6.10 Å². The van der Waals surface area contributed by atoms with Crippen molar-refractivity contribution in [3.63, 3.8) is 0 Å². The van der Waals surface area contributed by atoms with Crippen molar-refractivity contribution in [1.82, 2.24) is 5.32 Å². The number of benzene rings is 1. The second-order valence-corrected chi connectivity index (χ2v) is 5.14. The Labute approximate surface area is 121 Å². The third-order valence-electron chi connectivity index (χ3n) is 3.68. The van der Waals surface area contributed by atoms with Gasteiger partial charge in [0.25, 0.3) is 0 Å². The maximum Gasteiger partial charge on any atom is 0.239 e. The first-order chi connectivity index (χ1) is 9.58. The van der Waals surface area contributed by atoms with Gasteiger partial charge < -0.3 is 15.3 Å². The van der Waals surface area contributed by atoms with E-state index in [1.165, 1.54) is 0 Å². The minimum atomic E-state index is -0.462. The predicted molar refractivity (Wildman–Crippen MR) is 82.8 cm³/mol. The lowest BCUT2D eigenvalue weighted by Crippen LogP contribution is -2.40. The number of hydrogen-bond acceptors (Lipinski definition) is 3. The van der Waals surface area contributed by atoms with Crippen molar-refractivity contribution in [2.45, 2.75) is 32.8 Å². The number of amides is 1. The van der Waals surface area contributed by atoms with E-state index in [1.54, 1.807) is 0 Å². The molecule has 0 spiro atoms. The van der Waals surface area contributed by atoms with Crippen molar-refractivity contribution in [3.05, 3.63) is 30.3 Å². The molecule has 4 heteroatoms. The van der Waals surface area contributed by atoms with E-state index in [0.717, 1.165) is 18.5 Å². The van der Waals surface area contributed by atoms with Gasteiger partial charge in [-0.25, -0.2) is 0 Å². The summed E-state index contributed by atoms with van der Waals surface area (Å²) in [7, 11) is 1.88. The van der Waals surface area contributed by atoms with Gasteiger partial charge in [-0.1, -0.05) is 44.9 Å². The summed E-state index contributed by atoms with van der Waals surface area (Å²) in [6.45, 7) is 4.73. The number of nitrogens with zero attached hydrogens (tertiary/aromatic N) is 1. The van der Waals surface area contributed by atoms with Crippen molar-refractivity contribution in [2.24, 2.45) is 5.92 Å². The van der Waals surface area contributed by atoms with Gasteiger partial charge in [0.1, 0.15) is 0 Å². The number of para-hydroxylation sites is 1. The van der Waals surface area contributed by atoms with Crippen molar-refractivity contribution in [3.8, 4) is 0 Å². The summed E-state index contributed by atoms with van der Waals surface area (Å²) in [6, 6.07) is 9.77. The monoisotopic (exact) mass is 278 g/mol. The maximum absolute atomic E-state index is 11.9. The summed E-state index contributed by atoms with van der Waals surface area (Å²) >= 11 is 0. The van der Waals surface area contributed by atoms with E-state index in [9.17, 15) is 9.90 Å². The lowest BCUT2D eigenvalue weighted by Gasteiger charge is -2.22. The Morgan fingerprint density at radius 3 is 2.40 bits per heavy atom. The number of aliphatic hydroxyl groups is 1. The van der Waals surface area contributed by atoms with Crippen LogP contribution < -0.4 is 10.2 Å². The molecule has 0 fully saturated rings. The predicted octanol–water partition coefficient (Wildman–Crippen LogP) is 2.04. The fourth-order valence-electron chi connectivity index (χ4n) is 2.26. The number of nitrogens with one attached hydrogen (secondary N) is 1. The highest BCUT2D eigenvalue weighted by atomic mass is 16.3. The number of carbonyl (C=O) groups excluding carboxylic acids is 1. The molecule has 0 aromatic heterocycles. The molecular weight excluding hydrogens is 252 g/mol. The molecule has 4 nitrogen and oxygen atoms in total. The van der Waals surface area contributed by atoms with Gasteiger partial charge in [-0.3, -0.25) is 4.79 Å².